The van der Waals surface area contributed by atoms with Crippen LogP contribution in [0.1, 0.15) is 29.3 Å². The topological polar surface area (TPSA) is 49.4 Å². The number of carbonyl (C=O) groups is 2. The van der Waals surface area contributed by atoms with Crippen molar-refractivity contribution in [2.75, 3.05) is 20.1 Å². The van der Waals surface area contributed by atoms with Crippen molar-refractivity contribution in [3.8, 4) is 0 Å². The summed E-state index contributed by atoms with van der Waals surface area (Å²) in [5, 5.41) is 2.75. The van der Waals surface area contributed by atoms with Crippen molar-refractivity contribution in [3.63, 3.8) is 0 Å². The molecule has 0 saturated carbocycles. The van der Waals surface area contributed by atoms with Crippen LogP contribution in [0.5, 0.6) is 0 Å². The van der Waals surface area contributed by atoms with Crippen LogP contribution in [0.4, 0.5) is 0 Å². The zero-order valence-electron chi connectivity index (χ0n) is 11.5. The van der Waals surface area contributed by atoms with E-state index in [2.05, 4.69) is 21.2 Å². The van der Waals surface area contributed by atoms with Crippen molar-refractivity contribution in [2.45, 2.75) is 20.3 Å². The first-order valence-corrected chi connectivity index (χ1v) is 7.03. The molecule has 0 atom stereocenters. The number of nitrogens with one attached hydrogen (secondary N) is 1. The molecule has 0 aromatic heterocycles. The van der Waals surface area contributed by atoms with Crippen LogP contribution in [0.25, 0.3) is 0 Å². The quantitative estimate of drug-likeness (QED) is 0.903. The second kappa shape index (κ2) is 7.28. The van der Waals surface area contributed by atoms with Gasteiger partial charge in [-0.3, -0.25) is 9.59 Å². The molecule has 2 amide bonds. The molecule has 19 heavy (non-hydrogen) atoms. The first-order valence-electron chi connectivity index (χ1n) is 6.24. The summed E-state index contributed by atoms with van der Waals surface area (Å²) in [5.74, 6) is -0.282. The van der Waals surface area contributed by atoms with Crippen LogP contribution in [0.2, 0.25) is 0 Å². The zero-order chi connectivity index (χ0) is 14.4. The lowest BCUT2D eigenvalue weighted by Gasteiger charge is -2.18. The van der Waals surface area contributed by atoms with Gasteiger partial charge < -0.3 is 10.2 Å². The minimum atomic E-state index is -0.148. The van der Waals surface area contributed by atoms with Crippen LogP contribution in [-0.4, -0.2) is 36.9 Å². The average Bonchev–Trinajstić information content (AvgIpc) is 2.38. The molecule has 0 aliphatic heterocycles. The van der Waals surface area contributed by atoms with Crippen LogP contribution in [0.15, 0.2) is 22.7 Å². The van der Waals surface area contributed by atoms with Crippen LogP contribution in [0.3, 0.4) is 0 Å². The summed E-state index contributed by atoms with van der Waals surface area (Å²) in [5.41, 5.74) is 1.51. The molecule has 0 bridgehead atoms. The van der Waals surface area contributed by atoms with Gasteiger partial charge in [-0.2, -0.15) is 0 Å². The summed E-state index contributed by atoms with van der Waals surface area (Å²) in [6.07, 6.45) is 0.883. The van der Waals surface area contributed by atoms with Crippen molar-refractivity contribution in [1.82, 2.24) is 10.2 Å². The molecule has 0 radical (unpaired) electrons. The molecule has 0 fully saturated rings. The first-order chi connectivity index (χ1) is 8.95. The van der Waals surface area contributed by atoms with E-state index in [0.29, 0.717) is 12.1 Å². The highest BCUT2D eigenvalue weighted by Gasteiger charge is 2.16. The standard InChI is InChI=1S/C14H19BrN2O2/c1-4-7-16-13(18)9-17(3)14(19)12-8-11(15)6-5-10(12)2/h5-6,8H,4,7,9H2,1-3H3,(H,16,18). The maximum absolute atomic E-state index is 12.3. The van der Waals surface area contributed by atoms with E-state index < -0.39 is 0 Å². The van der Waals surface area contributed by atoms with Crippen molar-refractivity contribution in [2.24, 2.45) is 0 Å². The number of aryl methyl sites for hydroxylation is 1. The number of halogens is 1. The zero-order valence-corrected chi connectivity index (χ0v) is 13.1. The Hall–Kier alpha value is -1.36. The molecule has 5 heteroatoms. The van der Waals surface area contributed by atoms with Gasteiger partial charge in [-0.05, 0) is 31.0 Å². The fraction of sp³-hybridized carbons (Fsp3) is 0.429. The van der Waals surface area contributed by atoms with E-state index in [4.69, 9.17) is 0 Å². The van der Waals surface area contributed by atoms with Gasteiger partial charge in [0.2, 0.25) is 5.91 Å². The molecule has 104 valence electrons. The second-order valence-electron chi connectivity index (χ2n) is 4.47. The monoisotopic (exact) mass is 326 g/mol. The molecule has 0 aliphatic rings. The van der Waals surface area contributed by atoms with Gasteiger partial charge in [0.1, 0.15) is 0 Å². The molecule has 0 unspecified atom stereocenters. The van der Waals surface area contributed by atoms with Gasteiger partial charge in [0.05, 0.1) is 6.54 Å². The maximum atomic E-state index is 12.3. The third-order valence-electron chi connectivity index (χ3n) is 2.73. The smallest absolute Gasteiger partial charge is 0.254 e. The number of hydrogen-bond donors (Lipinski definition) is 1. The Morgan fingerprint density at radius 3 is 2.68 bits per heavy atom. The Kier molecular flexibility index (Phi) is 6.02. The number of amides is 2. The molecule has 0 heterocycles. The van der Waals surface area contributed by atoms with Crippen molar-refractivity contribution < 1.29 is 9.59 Å². The van der Waals surface area contributed by atoms with Gasteiger partial charge in [-0.15, -0.1) is 0 Å². The maximum Gasteiger partial charge on any atom is 0.254 e. The predicted molar refractivity (Wildman–Crippen MR) is 79.1 cm³/mol. The lowest BCUT2D eigenvalue weighted by molar-refractivity contribution is -0.121. The SMILES string of the molecule is CCCNC(=O)CN(C)C(=O)c1cc(Br)ccc1C. The highest BCUT2D eigenvalue weighted by atomic mass is 79.9. The van der Waals surface area contributed by atoms with Gasteiger partial charge in [-0.1, -0.05) is 28.9 Å². The number of rotatable bonds is 5. The highest BCUT2D eigenvalue weighted by Crippen LogP contribution is 2.17. The normalized spacial score (nSPS) is 10.1. The predicted octanol–water partition coefficient (Wildman–Crippen LogP) is 2.36. The van der Waals surface area contributed by atoms with Crippen molar-refractivity contribution >= 4 is 27.7 Å². The van der Waals surface area contributed by atoms with E-state index >= 15 is 0 Å². The summed E-state index contributed by atoms with van der Waals surface area (Å²) in [6, 6.07) is 5.54. The Bertz CT molecular complexity index is 475. The summed E-state index contributed by atoms with van der Waals surface area (Å²) >= 11 is 3.35. The summed E-state index contributed by atoms with van der Waals surface area (Å²) < 4.78 is 0.852. The minimum absolute atomic E-state index is 0.0742. The van der Waals surface area contributed by atoms with Crippen LogP contribution < -0.4 is 5.32 Å². The van der Waals surface area contributed by atoms with Crippen LogP contribution >= 0.6 is 15.9 Å². The molecule has 1 aromatic carbocycles. The van der Waals surface area contributed by atoms with Gasteiger partial charge in [-0.25, -0.2) is 0 Å². The van der Waals surface area contributed by atoms with Crippen molar-refractivity contribution in [1.29, 1.82) is 0 Å². The third kappa shape index (κ3) is 4.67. The molecule has 0 spiro atoms. The van der Waals surface area contributed by atoms with Gasteiger partial charge in [0.25, 0.3) is 5.91 Å². The van der Waals surface area contributed by atoms with E-state index in [9.17, 15) is 9.59 Å². The lowest BCUT2D eigenvalue weighted by Crippen LogP contribution is -2.38. The number of hydrogen-bond acceptors (Lipinski definition) is 2. The molecular weight excluding hydrogens is 308 g/mol. The fourth-order valence-electron chi connectivity index (χ4n) is 1.64. The van der Waals surface area contributed by atoms with E-state index in [0.717, 1.165) is 16.5 Å². The Morgan fingerprint density at radius 2 is 2.05 bits per heavy atom. The van der Waals surface area contributed by atoms with E-state index in [1.165, 1.54) is 4.90 Å². The van der Waals surface area contributed by atoms with Crippen LogP contribution in [0, 0.1) is 6.92 Å². The number of carbonyl (C=O) groups excluding carboxylic acids is 2. The van der Waals surface area contributed by atoms with E-state index in [1.54, 1.807) is 13.1 Å². The molecule has 0 saturated heterocycles. The van der Waals surface area contributed by atoms with Crippen molar-refractivity contribution in [3.05, 3.63) is 33.8 Å². The van der Waals surface area contributed by atoms with E-state index in [1.807, 2.05) is 26.0 Å². The summed E-state index contributed by atoms with van der Waals surface area (Å²) in [7, 11) is 1.63. The van der Waals surface area contributed by atoms with Gasteiger partial charge in [0.15, 0.2) is 0 Å². The summed E-state index contributed by atoms with van der Waals surface area (Å²) in [4.78, 5) is 25.3. The third-order valence-corrected chi connectivity index (χ3v) is 3.22. The molecule has 1 aromatic rings. The fourth-order valence-corrected chi connectivity index (χ4v) is 2.00. The molecule has 4 nitrogen and oxygen atoms in total. The number of benzene rings is 1. The lowest BCUT2D eigenvalue weighted by atomic mass is 10.1. The Balaban J connectivity index is 2.71. The van der Waals surface area contributed by atoms with Gasteiger partial charge in [0, 0.05) is 23.6 Å². The Labute approximate surface area is 122 Å². The first kappa shape index (κ1) is 15.7. The molecule has 1 N–H and O–H groups in total. The molecular formula is C14H19BrN2O2. The summed E-state index contributed by atoms with van der Waals surface area (Å²) in [6.45, 7) is 4.58. The number of nitrogens with zero attached hydrogens (tertiary/aromatic N) is 1. The number of likely N-dealkylation sites (N-methyl/N-ethyl adjacent to an activating group) is 1. The van der Waals surface area contributed by atoms with Crippen LogP contribution in [-0.2, 0) is 4.79 Å². The molecule has 1 rings (SSSR count). The van der Waals surface area contributed by atoms with Gasteiger partial charge >= 0.3 is 0 Å². The largest absolute Gasteiger partial charge is 0.355 e. The second-order valence-corrected chi connectivity index (χ2v) is 5.39. The molecule has 0 aliphatic carbocycles. The Morgan fingerprint density at radius 1 is 1.37 bits per heavy atom. The van der Waals surface area contributed by atoms with E-state index in [-0.39, 0.29) is 18.4 Å². The highest BCUT2D eigenvalue weighted by molar-refractivity contribution is 9.10. The average molecular weight is 327 g/mol. The minimum Gasteiger partial charge on any atom is -0.355 e.